The van der Waals surface area contributed by atoms with Gasteiger partial charge in [-0.2, -0.15) is 5.10 Å². The molecule has 6 nitrogen and oxygen atoms in total. The van der Waals surface area contributed by atoms with Gasteiger partial charge in [-0.1, -0.05) is 12.1 Å². The molecule has 24 heavy (non-hydrogen) atoms. The SMILES string of the molecule is COc1cccc(CN2CCN(C(=O)Cn3ccc(C)n3)CC2)c1. The van der Waals surface area contributed by atoms with Crippen molar-refractivity contribution in [2.45, 2.75) is 20.0 Å². The number of ether oxygens (including phenoxy) is 1. The van der Waals surface area contributed by atoms with E-state index in [1.165, 1.54) is 5.56 Å². The van der Waals surface area contributed by atoms with E-state index in [2.05, 4.69) is 22.1 Å². The molecule has 0 aliphatic carbocycles. The number of methoxy groups -OCH3 is 1. The van der Waals surface area contributed by atoms with Crippen LogP contribution in [-0.4, -0.2) is 58.8 Å². The molecule has 1 aliphatic rings. The van der Waals surface area contributed by atoms with E-state index in [0.717, 1.165) is 44.2 Å². The number of nitrogens with zero attached hydrogens (tertiary/aromatic N) is 4. The van der Waals surface area contributed by atoms with E-state index >= 15 is 0 Å². The smallest absolute Gasteiger partial charge is 0.244 e. The zero-order chi connectivity index (χ0) is 16.9. The fourth-order valence-electron chi connectivity index (χ4n) is 2.97. The minimum Gasteiger partial charge on any atom is -0.497 e. The van der Waals surface area contributed by atoms with Gasteiger partial charge in [0.2, 0.25) is 5.91 Å². The number of hydrogen-bond donors (Lipinski definition) is 0. The van der Waals surface area contributed by atoms with Crippen LogP contribution >= 0.6 is 0 Å². The molecule has 0 atom stereocenters. The minimum absolute atomic E-state index is 0.138. The maximum absolute atomic E-state index is 12.4. The number of hydrogen-bond acceptors (Lipinski definition) is 4. The Hall–Kier alpha value is -2.34. The average molecular weight is 328 g/mol. The van der Waals surface area contributed by atoms with Crippen LogP contribution in [0.15, 0.2) is 36.5 Å². The minimum atomic E-state index is 0.138. The predicted molar refractivity (Wildman–Crippen MR) is 91.8 cm³/mol. The summed E-state index contributed by atoms with van der Waals surface area (Å²) in [7, 11) is 1.69. The van der Waals surface area contributed by atoms with Crippen molar-refractivity contribution in [3.05, 3.63) is 47.8 Å². The first kappa shape index (κ1) is 16.5. The highest BCUT2D eigenvalue weighted by molar-refractivity contribution is 5.76. The lowest BCUT2D eigenvalue weighted by Crippen LogP contribution is -2.49. The second kappa shape index (κ2) is 7.49. The lowest BCUT2D eigenvalue weighted by Gasteiger charge is -2.34. The van der Waals surface area contributed by atoms with Gasteiger partial charge in [0.15, 0.2) is 0 Å². The van der Waals surface area contributed by atoms with Gasteiger partial charge in [-0.05, 0) is 30.7 Å². The largest absolute Gasteiger partial charge is 0.497 e. The summed E-state index contributed by atoms with van der Waals surface area (Å²) >= 11 is 0. The number of rotatable bonds is 5. The Bertz CT molecular complexity index is 690. The third-order valence-electron chi connectivity index (χ3n) is 4.34. The summed E-state index contributed by atoms with van der Waals surface area (Å²) < 4.78 is 6.98. The van der Waals surface area contributed by atoms with Gasteiger partial charge >= 0.3 is 0 Å². The number of aromatic nitrogens is 2. The van der Waals surface area contributed by atoms with E-state index in [1.807, 2.05) is 36.2 Å². The van der Waals surface area contributed by atoms with Crippen molar-refractivity contribution >= 4 is 5.91 Å². The topological polar surface area (TPSA) is 50.6 Å². The summed E-state index contributed by atoms with van der Waals surface area (Å²) in [5, 5.41) is 4.28. The van der Waals surface area contributed by atoms with E-state index in [9.17, 15) is 4.79 Å². The molecule has 1 aromatic carbocycles. The summed E-state index contributed by atoms with van der Waals surface area (Å²) in [6.45, 7) is 6.45. The van der Waals surface area contributed by atoms with Gasteiger partial charge in [0.25, 0.3) is 0 Å². The third kappa shape index (κ3) is 4.14. The van der Waals surface area contributed by atoms with Gasteiger partial charge in [0, 0.05) is 38.9 Å². The van der Waals surface area contributed by atoms with Crippen LogP contribution in [0, 0.1) is 6.92 Å². The van der Waals surface area contributed by atoms with Crippen molar-refractivity contribution < 1.29 is 9.53 Å². The number of amides is 1. The number of carbonyl (C=O) groups excluding carboxylic acids is 1. The number of carbonyl (C=O) groups is 1. The lowest BCUT2D eigenvalue weighted by atomic mass is 10.2. The average Bonchev–Trinajstić information content (AvgIpc) is 3.00. The summed E-state index contributed by atoms with van der Waals surface area (Å²) in [5.41, 5.74) is 2.17. The Morgan fingerprint density at radius 1 is 1.21 bits per heavy atom. The highest BCUT2D eigenvalue weighted by atomic mass is 16.5. The molecule has 0 unspecified atom stereocenters. The fourth-order valence-corrected chi connectivity index (χ4v) is 2.97. The molecule has 1 fully saturated rings. The van der Waals surface area contributed by atoms with Gasteiger partial charge in [-0.3, -0.25) is 14.4 Å². The van der Waals surface area contributed by atoms with Crippen LogP contribution in [0.2, 0.25) is 0 Å². The zero-order valence-electron chi connectivity index (χ0n) is 14.3. The quantitative estimate of drug-likeness (QED) is 0.835. The molecule has 1 amide bonds. The summed E-state index contributed by atoms with van der Waals surface area (Å²) in [5.74, 6) is 1.02. The van der Waals surface area contributed by atoms with Crippen LogP contribution < -0.4 is 4.74 Å². The number of benzene rings is 1. The second-order valence-electron chi connectivity index (χ2n) is 6.16. The first-order chi connectivity index (χ1) is 11.6. The normalized spacial score (nSPS) is 15.5. The molecule has 1 saturated heterocycles. The van der Waals surface area contributed by atoms with Gasteiger partial charge in [-0.25, -0.2) is 0 Å². The van der Waals surface area contributed by atoms with Crippen molar-refractivity contribution in [1.29, 1.82) is 0 Å². The molecule has 0 radical (unpaired) electrons. The highest BCUT2D eigenvalue weighted by Crippen LogP contribution is 2.15. The van der Waals surface area contributed by atoms with Crippen molar-refractivity contribution in [3.63, 3.8) is 0 Å². The van der Waals surface area contributed by atoms with Crippen LogP contribution in [0.3, 0.4) is 0 Å². The molecule has 2 aromatic rings. The van der Waals surface area contributed by atoms with Crippen LogP contribution in [-0.2, 0) is 17.9 Å². The second-order valence-corrected chi connectivity index (χ2v) is 6.16. The van der Waals surface area contributed by atoms with Crippen molar-refractivity contribution in [3.8, 4) is 5.75 Å². The van der Waals surface area contributed by atoms with E-state index in [4.69, 9.17) is 4.74 Å². The Balaban J connectivity index is 1.49. The van der Waals surface area contributed by atoms with E-state index < -0.39 is 0 Å². The molecule has 128 valence electrons. The zero-order valence-corrected chi connectivity index (χ0v) is 14.3. The Morgan fingerprint density at radius 2 is 2.00 bits per heavy atom. The van der Waals surface area contributed by atoms with E-state index in [-0.39, 0.29) is 5.91 Å². The number of piperazine rings is 1. The molecule has 2 heterocycles. The van der Waals surface area contributed by atoms with Crippen molar-refractivity contribution in [2.75, 3.05) is 33.3 Å². The molecule has 0 spiro atoms. The van der Waals surface area contributed by atoms with Crippen LogP contribution in [0.25, 0.3) is 0 Å². The molecule has 1 aromatic heterocycles. The van der Waals surface area contributed by atoms with Crippen LogP contribution in [0.5, 0.6) is 5.75 Å². The summed E-state index contributed by atoms with van der Waals surface area (Å²) in [6.07, 6.45) is 1.85. The maximum Gasteiger partial charge on any atom is 0.244 e. The lowest BCUT2D eigenvalue weighted by molar-refractivity contribution is -0.133. The molecule has 1 aliphatic heterocycles. The van der Waals surface area contributed by atoms with Crippen LogP contribution in [0.1, 0.15) is 11.3 Å². The first-order valence-electron chi connectivity index (χ1n) is 8.27. The summed E-state index contributed by atoms with van der Waals surface area (Å²) in [6, 6.07) is 10.1. The first-order valence-corrected chi connectivity index (χ1v) is 8.27. The van der Waals surface area contributed by atoms with E-state index in [0.29, 0.717) is 6.54 Å². The Morgan fingerprint density at radius 3 is 2.67 bits per heavy atom. The predicted octanol–water partition coefficient (Wildman–Crippen LogP) is 1.54. The molecular weight excluding hydrogens is 304 g/mol. The third-order valence-corrected chi connectivity index (χ3v) is 4.34. The summed E-state index contributed by atoms with van der Waals surface area (Å²) in [4.78, 5) is 16.7. The van der Waals surface area contributed by atoms with Gasteiger partial charge in [0.05, 0.1) is 12.8 Å². The van der Waals surface area contributed by atoms with E-state index in [1.54, 1.807) is 11.8 Å². The molecule has 0 saturated carbocycles. The van der Waals surface area contributed by atoms with Gasteiger partial charge in [0.1, 0.15) is 12.3 Å². The van der Waals surface area contributed by atoms with Crippen LogP contribution in [0.4, 0.5) is 0 Å². The Kier molecular flexibility index (Phi) is 5.15. The molecular formula is C18H24N4O2. The molecule has 6 heteroatoms. The fraction of sp³-hybridized carbons (Fsp3) is 0.444. The standard InChI is InChI=1S/C18H24N4O2/c1-15-6-7-22(19-15)14-18(23)21-10-8-20(9-11-21)13-16-4-3-5-17(12-16)24-2/h3-7,12H,8-11,13-14H2,1-2H3. The molecule has 0 N–H and O–H groups in total. The van der Waals surface area contributed by atoms with Crippen molar-refractivity contribution in [2.24, 2.45) is 0 Å². The molecule has 0 bridgehead atoms. The highest BCUT2D eigenvalue weighted by Gasteiger charge is 2.21. The van der Waals surface area contributed by atoms with Gasteiger partial charge in [-0.15, -0.1) is 0 Å². The maximum atomic E-state index is 12.4. The monoisotopic (exact) mass is 328 g/mol. The molecule has 3 rings (SSSR count). The van der Waals surface area contributed by atoms with Crippen molar-refractivity contribution in [1.82, 2.24) is 19.6 Å². The van der Waals surface area contributed by atoms with Gasteiger partial charge < -0.3 is 9.64 Å². The number of aryl methyl sites for hydroxylation is 1. The Labute approximate surface area is 142 Å².